The Morgan fingerprint density at radius 3 is 2.04 bits per heavy atom. The van der Waals surface area contributed by atoms with E-state index in [1.807, 2.05) is 38.1 Å². The number of ketones is 1. The fourth-order valence-electron chi connectivity index (χ4n) is 5.62. The maximum absolute atomic E-state index is 13.9. The number of aromatic nitrogens is 1. The van der Waals surface area contributed by atoms with Crippen LogP contribution in [0.25, 0.3) is 10.4 Å². The van der Waals surface area contributed by atoms with Crippen LogP contribution in [0.1, 0.15) is 56.8 Å². The number of benzene rings is 2. The Morgan fingerprint density at radius 1 is 0.863 bits per heavy atom. The molecule has 0 aliphatic carbocycles. The minimum absolute atomic E-state index is 0.00758. The molecule has 1 aromatic heterocycles. The highest BCUT2D eigenvalue weighted by Crippen LogP contribution is 2.29. The van der Waals surface area contributed by atoms with Crippen molar-refractivity contribution >= 4 is 40.7 Å². The van der Waals surface area contributed by atoms with Gasteiger partial charge in [0.05, 0.1) is 25.1 Å². The normalized spacial score (nSPS) is 15.8. The van der Waals surface area contributed by atoms with E-state index in [9.17, 15) is 24.0 Å². The molecular weight excluding hydrogens is 675 g/mol. The second-order valence-corrected chi connectivity index (χ2v) is 14.2. The molecule has 0 saturated carbocycles. The van der Waals surface area contributed by atoms with Crippen LogP contribution in [0.5, 0.6) is 17.2 Å². The van der Waals surface area contributed by atoms with Crippen LogP contribution in [0.4, 0.5) is 0 Å². The van der Waals surface area contributed by atoms with Gasteiger partial charge in [0.25, 0.3) is 5.91 Å². The van der Waals surface area contributed by atoms with Crippen LogP contribution in [-0.2, 0) is 19.2 Å². The third-order valence-electron chi connectivity index (χ3n) is 8.44. The van der Waals surface area contributed by atoms with Crippen LogP contribution in [0.15, 0.2) is 54.7 Å². The number of thiazole rings is 1. The number of carbonyl (C=O) groups excluding carboxylic acids is 5. The van der Waals surface area contributed by atoms with Crippen LogP contribution in [0, 0.1) is 17.8 Å². The van der Waals surface area contributed by atoms with Crippen molar-refractivity contribution in [3.05, 3.63) is 59.7 Å². The predicted octanol–water partition coefficient (Wildman–Crippen LogP) is 3.77. The van der Waals surface area contributed by atoms with Gasteiger partial charge in [-0.05, 0) is 85.2 Å². The van der Waals surface area contributed by atoms with Gasteiger partial charge in [-0.2, -0.15) is 0 Å². The summed E-state index contributed by atoms with van der Waals surface area (Å²) in [5.41, 5.74) is 0.849. The highest BCUT2D eigenvalue weighted by molar-refractivity contribution is 7.17. The number of rotatable bonds is 18. The molecule has 0 unspecified atom stereocenters. The SMILES string of the molecule is COc1ccc(OCC(=O)N[C@H](C(=O)N[C@@H](CC(C)C)C(=O)N[C@@H](C[C@@H]2CCNC2=O)C(=O)c2ncc(-c3ccc(OC)cc3)s2)C(C)C)cc1. The molecular formula is C37H47N5O8S. The van der Waals surface area contributed by atoms with Crippen molar-refractivity contribution < 1.29 is 38.2 Å². The zero-order valence-electron chi connectivity index (χ0n) is 29.8. The lowest BCUT2D eigenvalue weighted by atomic mass is 9.95. The topological polar surface area (TPSA) is 174 Å². The van der Waals surface area contributed by atoms with Crippen LogP contribution < -0.4 is 35.5 Å². The fourth-order valence-corrected chi connectivity index (χ4v) is 6.54. The highest BCUT2D eigenvalue weighted by Gasteiger charge is 2.36. The molecule has 0 spiro atoms. The van der Waals surface area contributed by atoms with Gasteiger partial charge in [-0.25, -0.2) is 4.98 Å². The molecule has 0 bridgehead atoms. The zero-order chi connectivity index (χ0) is 37.1. The largest absolute Gasteiger partial charge is 0.497 e. The van der Waals surface area contributed by atoms with Crippen LogP contribution >= 0.6 is 11.3 Å². The van der Waals surface area contributed by atoms with Crippen LogP contribution in [0.3, 0.4) is 0 Å². The van der Waals surface area contributed by atoms with E-state index in [1.165, 1.54) is 11.3 Å². The van der Waals surface area contributed by atoms with Gasteiger partial charge in [-0.1, -0.05) is 27.7 Å². The summed E-state index contributed by atoms with van der Waals surface area (Å²) in [6, 6.07) is 11.0. The Morgan fingerprint density at radius 2 is 1.47 bits per heavy atom. The first-order valence-electron chi connectivity index (χ1n) is 17.0. The highest BCUT2D eigenvalue weighted by atomic mass is 32.1. The smallest absolute Gasteiger partial charge is 0.258 e. The second kappa shape index (κ2) is 18.3. The van der Waals surface area contributed by atoms with Gasteiger partial charge < -0.3 is 35.5 Å². The molecule has 2 heterocycles. The maximum Gasteiger partial charge on any atom is 0.258 e. The summed E-state index contributed by atoms with van der Waals surface area (Å²) in [6.45, 7) is 7.54. The third-order valence-corrected chi connectivity index (χ3v) is 9.50. The molecule has 4 rings (SSSR count). The van der Waals surface area contributed by atoms with E-state index in [-0.39, 0.29) is 42.2 Å². The number of ether oxygens (including phenoxy) is 3. The Hall–Kier alpha value is -4.98. The molecule has 1 fully saturated rings. The third kappa shape index (κ3) is 11.0. The molecule has 2 aromatic carbocycles. The summed E-state index contributed by atoms with van der Waals surface area (Å²) in [5, 5.41) is 11.3. The molecule has 3 aromatic rings. The van der Waals surface area contributed by atoms with E-state index in [0.29, 0.717) is 30.2 Å². The van der Waals surface area contributed by atoms with E-state index < -0.39 is 47.5 Å². The van der Waals surface area contributed by atoms with Gasteiger partial charge in [0, 0.05) is 18.7 Å². The van der Waals surface area contributed by atoms with Crippen molar-refractivity contribution in [3.8, 4) is 27.7 Å². The number of hydrogen-bond donors (Lipinski definition) is 4. The Balaban J connectivity index is 1.47. The number of amides is 4. The molecule has 1 aliphatic heterocycles. The lowest BCUT2D eigenvalue weighted by Gasteiger charge is -2.27. The van der Waals surface area contributed by atoms with E-state index in [1.54, 1.807) is 58.5 Å². The van der Waals surface area contributed by atoms with Crippen molar-refractivity contribution in [3.63, 3.8) is 0 Å². The van der Waals surface area contributed by atoms with Gasteiger partial charge in [0.2, 0.25) is 23.5 Å². The first kappa shape index (κ1) is 38.8. The number of carbonyl (C=O) groups is 5. The summed E-state index contributed by atoms with van der Waals surface area (Å²) in [6.07, 6.45) is 2.47. The van der Waals surface area contributed by atoms with Gasteiger partial charge in [0.15, 0.2) is 11.6 Å². The van der Waals surface area contributed by atoms with Crippen LogP contribution in [-0.4, -0.2) is 79.9 Å². The zero-order valence-corrected chi connectivity index (χ0v) is 30.6. The quantitative estimate of drug-likeness (QED) is 0.143. The number of Topliss-reactive ketones (excluding diaryl/α,β-unsaturated/α-hetero) is 1. The number of nitrogens with zero attached hydrogens (tertiary/aromatic N) is 1. The lowest BCUT2D eigenvalue weighted by Crippen LogP contribution is -2.57. The Kier molecular flexibility index (Phi) is 13.9. The summed E-state index contributed by atoms with van der Waals surface area (Å²) in [4.78, 5) is 71.9. The van der Waals surface area contributed by atoms with Gasteiger partial charge in [-0.3, -0.25) is 24.0 Å². The second-order valence-electron chi connectivity index (χ2n) is 13.1. The minimum Gasteiger partial charge on any atom is -0.497 e. The average molecular weight is 722 g/mol. The molecule has 1 saturated heterocycles. The molecule has 14 heteroatoms. The molecule has 51 heavy (non-hydrogen) atoms. The number of hydrogen-bond acceptors (Lipinski definition) is 10. The van der Waals surface area contributed by atoms with Crippen molar-refractivity contribution in [2.75, 3.05) is 27.4 Å². The summed E-state index contributed by atoms with van der Waals surface area (Å²) < 4.78 is 15.9. The molecule has 0 radical (unpaired) electrons. The van der Waals surface area contributed by atoms with Gasteiger partial charge >= 0.3 is 0 Å². The van der Waals surface area contributed by atoms with Crippen molar-refractivity contribution in [1.82, 2.24) is 26.3 Å². The molecule has 274 valence electrons. The van der Waals surface area contributed by atoms with Crippen LogP contribution in [0.2, 0.25) is 0 Å². The molecule has 13 nitrogen and oxygen atoms in total. The van der Waals surface area contributed by atoms with Gasteiger partial charge in [-0.15, -0.1) is 11.3 Å². The number of methoxy groups -OCH3 is 2. The summed E-state index contributed by atoms with van der Waals surface area (Å²) in [5.74, 6) is -1.25. The molecule has 1 aliphatic rings. The monoisotopic (exact) mass is 721 g/mol. The van der Waals surface area contributed by atoms with E-state index >= 15 is 0 Å². The number of nitrogens with one attached hydrogen (secondary N) is 4. The maximum atomic E-state index is 13.9. The van der Waals surface area contributed by atoms with E-state index in [0.717, 1.165) is 10.4 Å². The molecule has 4 atom stereocenters. The first-order valence-corrected chi connectivity index (χ1v) is 17.8. The Labute approximate surface area is 302 Å². The van der Waals surface area contributed by atoms with E-state index in [4.69, 9.17) is 14.2 Å². The fraction of sp³-hybridized carbons (Fsp3) is 0.459. The summed E-state index contributed by atoms with van der Waals surface area (Å²) >= 11 is 1.19. The van der Waals surface area contributed by atoms with Crippen molar-refractivity contribution in [1.29, 1.82) is 0 Å². The molecule has 4 amide bonds. The van der Waals surface area contributed by atoms with Gasteiger partial charge in [0.1, 0.15) is 29.3 Å². The van der Waals surface area contributed by atoms with E-state index in [2.05, 4.69) is 26.3 Å². The minimum atomic E-state index is -1.07. The van der Waals surface area contributed by atoms with Crippen molar-refractivity contribution in [2.45, 2.75) is 65.1 Å². The average Bonchev–Trinajstić information content (AvgIpc) is 3.78. The predicted molar refractivity (Wildman–Crippen MR) is 193 cm³/mol. The standard InChI is InChI=1S/C37H47N5O8S/c1-21(2)17-29(41-36(47)32(22(3)4)42-31(43)20-50-27-13-11-26(49-6)12-14-27)35(46)40-28(18-24-15-16-38-34(24)45)33(44)37-39-19-30(51-37)23-7-9-25(48-5)10-8-23/h7-14,19,21-22,24,28-29,32H,15-18,20H2,1-6H3,(H,38,45)(H,40,46)(H,41,47)(H,42,43)/t24-,28-,29-,32-/m0/s1. The summed E-state index contributed by atoms with van der Waals surface area (Å²) in [7, 11) is 3.13. The molecule has 4 N–H and O–H groups in total. The lowest BCUT2D eigenvalue weighted by molar-refractivity contribution is -0.134. The van der Waals surface area contributed by atoms with Crippen molar-refractivity contribution in [2.24, 2.45) is 17.8 Å². The Bertz CT molecular complexity index is 1660. The first-order chi connectivity index (χ1) is 24.4.